The fourth-order valence-corrected chi connectivity index (χ4v) is 1.97. The fourth-order valence-electron chi connectivity index (χ4n) is 1.97. The summed E-state index contributed by atoms with van der Waals surface area (Å²) in [5, 5.41) is 2.78. The van der Waals surface area contributed by atoms with Gasteiger partial charge in [0.25, 0.3) is 0 Å². The molecular weight excluding hydrogens is 294 g/mol. The first-order valence-corrected chi connectivity index (χ1v) is 7.19. The van der Waals surface area contributed by atoms with Gasteiger partial charge in [0.05, 0.1) is 12.7 Å². The minimum absolute atomic E-state index is 0.204. The Morgan fingerprint density at radius 2 is 1.78 bits per heavy atom. The molecule has 1 aromatic heterocycles. The van der Waals surface area contributed by atoms with Gasteiger partial charge in [-0.25, -0.2) is 9.59 Å². The van der Waals surface area contributed by atoms with Gasteiger partial charge in [0.1, 0.15) is 0 Å². The zero-order valence-corrected chi connectivity index (χ0v) is 13.2. The van der Waals surface area contributed by atoms with E-state index in [-0.39, 0.29) is 6.03 Å². The molecule has 23 heavy (non-hydrogen) atoms. The number of rotatable bonds is 5. The topological polar surface area (TPSA) is 71.5 Å². The van der Waals surface area contributed by atoms with Crippen LogP contribution in [0.15, 0.2) is 48.8 Å². The number of amides is 2. The van der Waals surface area contributed by atoms with E-state index in [1.807, 2.05) is 12.1 Å². The van der Waals surface area contributed by atoms with Crippen molar-refractivity contribution in [3.63, 3.8) is 0 Å². The van der Waals surface area contributed by atoms with E-state index in [0.29, 0.717) is 17.8 Å². The summed E-state index contributed by atoms with van der Waals surface area (Å²) in [7, 11) is 3.06. The van der Waals surface area contributed by atoms with Crippen molar-refractivity contribution in [1.29, 1.82) is 0 Å². The zero-order valence-electron chi connectivity index (χ0n) is 13.2. The van der Waals surface area contributed by atoms with Crippen molar-refractivity contribution >= 4 is 17.7 Å². The number of urea groups is 1. The Hall–Kier alpha value is -2.89. The predicted molar refractivity (Wildman–Crippen MR) is 87.4 cm³/mol. The van der Waals surface area contributed by atoms with Crippen LogP contribution in [0.1, 0.15) is 15.9 Å². The van der Waals surface area contributed by atoms with Crippen molar-refractivity contribution < 1.29 is 14.3 Å². The van der Waals surface area contributed by atoms with Gasteiger partial charge in [-0.15, -0.1) is 0 Å². The molecular formula is C17H19N3O3. The maximum atomic E-state index is 12.1. The number of likely N-dealkylation sites (N-methyl/N-ethyl adjacent to an activating group) is 1. The van der Waals surface area contributed by atoms with Gasteiger partial charge >= 0.3 is 12.0 Å². The number of pyridine rings is 1. The number of nitrogens with one attached hydrogen (secondary N) is 1. The molecule has 6 heteroatoms. The van der Waals surface area contributed by atoms with Crippen molar-refractivity contribution in [2.24, 2.45) is 0 Å². The van der Waals surface area contributed by atoms with Crippen LogP contribution >= 0.6 is 0 Å². The summed E-state index contributed by atoms with van der Waals surface area (Å²) in [6.07, 6.45) is 4.23. The third kappa shape index (κ3) is 4.81. The third-order valence-corrected chi connectivity index (χ3v) is 3.39. The standard InChI is InChI=1S/C17H19N3O3/c1-20(12-9-13-7-10-18-11-8-13)17(22)19-15-5-3-14(4-6-15)16(21)23-2/h3-8,10-11H,9,12H2,1-2H3,(H,19,22). The number of aromatic nitrogens is 1. The molecule has 120 valence electrons. The van der Waals surface area contributed by atoms with E-state index in [4.69, 9.17) is 0 Å². The Kier molecular flexibility index (Phi) is 5.68. The van der Waals surface area contributed by atoms with Crippen LogP contribution in [0.3, 0.4) is 0 Å². The van der Waals surface area contributed by atoms with E-state index >= 15 is 0 Å². The van der Waals surface area contributed by atoms with Crippen LogP contribution < -0.4 is 5.32 Å². The highest BCUT2D eigenvalue weighted by Gasteiger charge is 2.10. The first-order chi connectivity index (χ1) is 11.1. The molecule has 0 atom stereocenters. The Labute approximate surface area is 135 Å². The number of hydrogen-bond donors (Lipinski definition) is 1. The monoisotopic (exact) mass is 313 g/mol. The van der Waals surface area contributed by atoms with E-state index in [0.717, 1.165) is 12.0 Å². The summed E-state index contributed by atoms with van der Waals surface area (Å²) < 4.78 is 4.63. The SMILES string of the molecule is COC(=O)c1ccc(NC(=O)N(C)CCc2ccncc2)cc1. The second-order valence-corrected chi connectivity index (χ2v) is 5.03. The summed E-state index contributed by atoms with van der Waals surface area (Å²) >= 11 is 0. The minimum Gasteiger partial charge on any atom is -0.465 e. The number of carbonyl (C=O) groups is 2. The highest BCUT2D eigenvalue weighted by Crippen LogP contribution is 2.11. The predicted octanol–water partition coefficient (Wildman–Crippen LogP) is 2.57. The average Bonchev–Trinajstić information content (AvgIpc) is 2.60. The van der Waals surface area contributed by atoms with E-state index in [2.05, 4.69) is 15.0 Å². The lowest BCUT2D eigenvalue weighted by Crippen LogP contribution is -2.33. The van der Waals surface area contributed by atoms with Crippen molar-refractivity contribution in [1.82, 2.24) is 9.88 Å². The van der Waals surface area contributed by atoms with Gasteiger partial charge in [0, 0.05) is 31.7 Å². The van der Waals surface area contributed by atoms with E-state index in [9.17, 15) is 9.59 Å². The van der Waals surface area contributed by atoms with E-state index in [1.165, 1.54) is 7.11 Å². The highest BCUT2D eigenvalue weighted by atomic mass is 16.5. The molecule has 0 fully saturated rings. The third-order valence-electron chi connectivity index (χ3n) is 3.39. The molecule has 0 unspecified atom stereocenters. The van der Waals surface area contributed by atoms with Gasteiger partial charge in [-0.05, 0) is 48.4 Å². The molecule has 0 aliphatic rings. The molecule has 0 bridgehead atoms. The molecule has 0 radical (unpaired) electrons. The maximum Gasteiger partial charge on any atom is 0.337 e. The van der Waals surface area contributed by atoms with Gasteiger partial charge < -0.3 is 15.0 Å². The molecule has 2 aromatic rings. The van der Waals surface area contributed by atoms with Crippen LogP contribution in [-0.4, -0.2) is 42.6 Å². The Balaban J connectivity index is 1.86. The summed E-state index contributed by atoms with van der Waals surface area (Å²) in [6, 6.07) is 10.2. The normalized spacial score (nSPS) is 10.0. The van der Waals surface area contributed by atoms with E-state index in [1.54, 1.807) is 48.6 Å². The minimum atomic E-state index is -0.405. The van der Waals surface area contributed by atoms with Crippen LogP contribution in [0.5, 0.6) is 0 Å². The molecule has 0 aliphatic carbocycles. The Morgan fingerprint density at radius 1 is 1.13 bits per heavy atom. The molecule has 0 spiro atoms. The van der Waals surface area contributed by atoms with Crippen LogP contribution in [-0.2, 0) is 11.2 Å². The number of benzene rings is 1. The molecule has 2 amide bonds. The van der Waals surface area contributed by atoms with Crippen LogP contribution in [0.4, 0.5) is 10.5 Å². The first-order valence-electron chi connectivity index (χ1n) is 7.19. The number of nitrogens with zero attached hydrogens (tertiary/aromatic N) is 2. The lowest BCUT2D eigenvalue weighted by Gasteiger charge is -2.18. The highest BCUT2D eigenvalue weighted by molar-refractivity contribution is 5.92. The number of anilines is 1. The van der Waals surface area contributed by atoms with Crippen molar-refractivity contribution in [2.45, 2.75) is 6.42 Å². The van der Waals surface area contributed by atoms with Crippen LogP contribution in [0.2, 0.25) is 0 Å². The van der Waals surface area contributed by atoms with Crippen molar-refractivity contribution in [3.8, 4) is 0 Å². The van der Waals surface area contributed by atoms with Crippen molar-refractivity contribution in [3.05, 3.63) is 59.9 Å². The fraction of sp³-hybridized carbons (Fsp3) is 0.235. The number of hydrogen-bond acceptors (Lipinski definition) is 4. The van der Waals surface area contributed by atoms with Gasteiger partial charge in [0.15, 0.2) is 0 Å². The molecule has 1 heterocycles. The van der Waals surface area contributed by atoms with Gasteiger partial charge in [-0.2, -0.15) is 0 Å². The Bertz CT molecular complexity index is 657. The molecule has 0 saturated carbocycles. The molecule has 0 aliphatic heterocycles. The number of carbonyl (C=O) groups excluding carboxylic acids is 2. The molecule has 1 aromatic carbocycles. The maximum absolute atomic E-state index is 12.1. The van der Waals surface area contributed by atoms with Gasteiger partial charge in [-0.3, -0.25) is 4.98 Å². The lowest BCUT2D eigenvalue weighted by molar-refractivity contribution is 0.0601. The zero-order chi connectivity index (χ0) is 16.7. The second kappa shape index (κ2) is 7.93. The second-order valence-electron chi connectivity index (χ2n) is 5.03. The number of ether oxygens (including phenoxy) is 1. The largest absolute Gasteiger partial charge is 0.465 e. The lowest BCUT2D eigenvalue weighted by atomic mass is 10.2. The average molecular weight is 313 g/mol. The summed E-state index contributed by atoms with van der Waals surface area (Å²) in [6.45, 7) is 0.593. The quantitative estimate of drug-likeness (QED) is 0.861. The smallest absolute Gasteiger partial charge is 0.337 e. The van der Waals surface area contributed by atoms with Gasteiger partial charge in [-0.1, -0.05) is 0 Å². The summed E-state index contributed by atoms with van der Waals surface area (Å²) in [5.74, 6) is -0.405. The summed E-state index contributed by atoms with van der Waals surface area (Å²) in [5.41, 5.74) is 2.19. The van der Waals surface area contributed by atoms with Crippen LogP contribution in [0.25, 0.3) is 0 Å². The number of esters is 1. The summed E-state index contributed by atoms with van der Waals surface area (Å²) in [4.78, 5) is 29.0. The molecule has 0 saturated heterocycles. The van der Waals surface area contributed by atoms with Gasteiger partial charge in [0.2, 0.25) is 0 Å². The molecule has 2 rings (SSSR count). The van der Waals surface area contributed by atoms with Crippen LogP contribution in [0, 0.1) is 0 Å². The first kappa shape index (κ1) is 16.5. The Morgan fingerprint density at radius 3 is 2.39 bits per heavy atom. The van der Waals surface area contributed by atoms with E-state index < -0.39 is 5.97 Å². The van der Waals surface area contributed by atoms with Crippen molar-refractivity contribution in [2.75, 3.05) is 26.0 Å². The number of methoxy groups -OCH3 is 1. The molecule has 6 nitrogen and oxygen atoms in total. The molecule has 1 N–H and O–H groups in total.